The van der Waals surface area contributed by atoms with Crippen molar-refractivity contribution in [2.45, 2.75) is 6.92 Å². The molecule has 26 heavy (non-hydrogen) atoms. The number of aromatic nitrogens is 2. The third-order valence-electron chi connectivity index (χ3n) is 3.70. The quantitative estimate of drug-likeness (QED) is 0.412. The van der Waals surface area contributed by atoms with Gasteiger partial charge in [-0.2, -0.15) is 0 Å². The maximum absolute atomic E-state index is 12.1. The zero-order chi connectivity index (χ0) is 18.7. The number of imidazole rings is 1. The molecular formula is C17H14N4O5. The van der Waals surface area contributed by atoms with Crippen LogP contribution in [0.1, 0.15) is 15.9 Å². The van der Waals surface area contributed by atoms with E-state index in [4.69, 9.17) is 4.74 Å². The molecule has 1 aromatic heterocycles. The summed E-state index contributed by atoms with van der Waals surface area (Å²) in [5.74, 6) is -1.25. The van der Waals surface area contributed by atoms with Crippen LogP contribution in [0.5, 0.6) is 0 Å². The lowest BCUT2D eigenvalue weighted by atomic mass is 10.2. The Bertz CT molecular complexity index is 1010. The lowest BCUT2D eigenvalue weighted by Gasteiger charge is -2.09. The highest BCUT2D eigenvalue weighted by atomic mass is 16.6. The minimum absolute atomic E-state index is 0.143. The van der Waals surface area contributed by atoms with E-state index in [0.717, 1.165) is 0 Å². The number of amides is 1. The number of benzene rings is 2. The number of carbonyl (C=O) groups excluding carboxylic acids is 2. The van der Waals surface area contributed by atoms with Crippen LogP contribution in [0.3, 0.4) is 0 Å². The first-order chi connectivity index (χ1) is 12.4. The van der Waals surface area contributed by atoms with Crippen LogP contribution in [0, 0.1) is 17.0 Å². The normalized spacial score (nSPS) is 10.5. The number of aryl methyl sites for hydroxylation is 1. The summed E-state index contributed by atoms with van der Waals surface area (Å²) in [5.41, 5.74) is 2.47. The van der Waals surface area contributed by atoms with Gasteiger partial charge in [-0.25, -0.2) is 9.78 Å². The van der Waals surface area contributed by atoms with Gasteiger partial charge in [-0.05, 0) is 30.7 Å². The summed E-state index contributed by atoms with van der Waals surface area (Å²) in [4.78, 5) is 41.2. The molecule has 0 unspecified atom stereocenters. The Morgan fingerprint density at radius 3 is 2.85 bits per heavy atom. The summed E-state index contributed by atoms with van der Waals surface area (Å²) >= 11 is 0. The van der Waals surface area contributed by atoms with Gasteiger partial charge in [-0.3, -0.25) is 14.9 Å². The van der Waals surface area contributed by atoms with Crippen LogP contribution in [0.25, 0.3) is 11.0 Å². The number of hydrogen-bond acceptors (Lipinski definition) is 6. The number of nitro groups is 1. The fourth-order valence-corrected chi connectivity index (χ4v) is 2.32. The van der Waals surface area contributed by atoms with Crippen molar-refractivity contribution in [1.29, 1.82) is 0 Å². The molecule has 2 N–H and O–H groups in total. The fourth-order valence-electron chi connectivity index (χ4n) is 2.32. The molecule has 0 fully saturated rings. The number of carbonyl (C=O) groups is 2. The molecule has 3 rings (SSSR count). The van der Waals surface area contributed by atoms with Crippen LogP contribution in [0.2, 0.25) is 0 Å². The molecule has 0 spiro atoms. The van der Waals surface area contributed by atoms with E-state index in [1.165, 1.54) is 24.5 Å². The molecule has 3 aromatic rings. The zero-order valence-corrected chi connectivity index (χ0v) is 13.7. The maximum Gasteiger partial charge on any atom is 0.338 e. The van der Waals surface area contributed by atoms with Gasteiger partial charge in [0, 0.05) is 12.1 Å². The van der Waals surface area contributed by atoms with Gasteiger partial charge >= 0.3 is 5.97 Å². The lowest BCUT2D eigenvalue weighted by molar-refractivity contribution is -0.384. The molecule has 0 radical (unpaired) electrons. The molecule has 0 saturated heterocycles. The molecule has 0 aliphatic rings. The Kier molecular flexibility index (Phi) is 4.61. The largest absolute Gasteiger partial charge is 0.452 e. The van der Waals surface area contributed by atoms with Crippen molar-refractivity contribution in [3.63, 3.8) is 0 Å². The zero-order valence-electron chi connectivity index (χ0n) is 13.7. The van der Waals surface area contributed by atoms with E-state index in [1.54, 1.807) is 25.1 Å². The first-order valence-corrected chi connectivity index (χ1v) is 7.59. The molecule has 0 aliphatic carbocycles. The molecule has 0 saturated carbocycles. The minimum atomic E-state index is -0.660. The van der Waals surface area contributed by atoms with Crippen molar-refractivity contribution in [2.24, 2.45) is 0 Å². The van der Waals surface area contributed by atoms with Crippen LogP contribution >= 0.6 is 0 Å². The number of esters is 1. The van der Waals surface area contributed by atoms with E-state index >= 15 is 0 Å². The number of nitrogens with one attached hydrogen (secondary N) is 2. The highest BCUT2D eigenvalue weighted by molar-refractivity contribution is 5.97. The van der Waals surface area contributed by atoms with E-state index < -0.39 is 23.4 Å². The van der Waals surface area contributed by atoms with E-state index in [-0.39, 0.29) is 11.3 Å². The highest BCUT2D eigenvalue weighted by Gasteiger charge is 2.14. The Morgan fingerprint density at radius 2 is 2.08 bits per heavy atom. The Balaban J connectivity index is 1.62. The molecule has 0 aliphatic heterocycles. The van der Waals surface area contributed by atoms with Crippen molar-refractivity contribution in [3.8, 4) is 0 Å². The average Bonchev–Trinajstić information content (AvgIpc) is 3.09. The molecular weight excluding hydrogens is 340 g/mol. The number of nitro benzene ring substituents is 1. The van der Waals surface area contributed by atoms with E-state index in [9.17, 15) is 19.7 Å². The summed E-state index contributed by atoms with van der Waals surface area (Å²) in [6.07, 6.45) is 1.51. The Hall–Kier alpha value is -3.75. The molecule has 132 valence electrons. The molecule has 1 amide bonds. The summed E-state index contributed by atoms with van der Waals surface area (Å²) in [6.45, 7) is 1.19. The second-order valence-electron chi connectivity index (χ2n) is 5.52. The van der Waals surface area contributed by atoms with Gasteiger partial charge in [0.05, 0.1) is 33.5 Å². The molecule has 1 heterocycles. The molecule has 2 aromatic carbocycles. The second-order valence-corrected chi connectivity index (χ2v) is 5.52. The van der Waals surface area contributed by atoms with Gasteiger partial charge < -0.3 is 15.0 Å². The molecule has 0 bridgehead atoms. The number of anilines is 1. The van der Waals surface area contributed by atoms with Crippen LogP contribution < -0.4 is 5.32 Å². The number of H-pyrrole nitrogens is 1. The number of hydrogen-bond donors (Lipinski definition) is 2. The van der Waals surface area contributed by atoms with Gasteiger partial charge in [0.15, 0.2) is 6.61 Å². The van der Waals surface area contributed by atoms with Crippen molar-refractivity contribution >= 4 is 34.3 Å². The second kappa shape index (κ2) is 7.01. The third-order valence-corrected chi connectivity index (χ3v) is 3.70. The van der Waals surface area contributed by atoms with Crippen LogP contribution in [-0.2, 0) is 9.53 Å². The first-order valence-electron chi connectivity index (χ1n) is 7.59. The van der Waals surface area contributed by atoms with E-state index in [2.05, 4.69) is 15.3 Å². The van der Waals surface area contributed by atoms with Gasteiger partial charge in [0.25, 0.3) is 11.6 Å². The molecule has 9 nitrogen and oxygen atoms in total. The number of rotatable bonds is 5. The highest BCUT2D eigenvalue weighted by Crippen LogP contribution is 2.21. The predicted molar refractivity (Wildman–Crippen MR) is 92.8 cm³/mol. The SMILES string of the molecule is Cc1ccc([N+](=O)[O-])cc1NC(=O)COC(=O)c1ccc2nc[nH]c2c1. The summed E-state index contributed by atoms with van der Waals surface area (Å²) in [5, 5.41) is 13.3. The number of fused-ring (bicyclic) bond motifs is 1. The van der Waals surface area contributed by atoms with Gasteiger partial charge in [0.2, 0.25) is 0 Å². The van der Waals surface area contributed by atoms with E-state index in [0.29, 0.717) is 22.3 Å². The number of non-ortho nitro benzene ring substituents is 1. The number of nitrogens with zero attached hydrogens (tertiary/aromatic N) is 2. The van der Waals surface area contributed by atoms with Crippen LogP contribution in [0.15, 0.2) is 42.7 Å². The summed E-state index contributed by atoms with van der Waals surface area (Å²) in [6, 6.07) is 8.91. The average molecular weight is 354 g/mol. The standard InChI is InChI=1S/C17H14N4O5/c1-10-2-4-12(21(24)25)7-14(10)20-16(22)8-26-17(23)11-3-5-13-15(6-11)19-9-18-13/h2-7,9H,8H2,1H3,(H,18,19)(H,20,22). The van der Waals surface area contributed by atoms with Gasteiger partial charge in [-0.15, -0.1) is 0 Å². The Labute approximate surface area is 147 Å². The van der Waals surface area contributed by atoms with Crippen molar-refractivity contribution < 1.29 is 19.2 Å². The number of ether oxygens (including phenoxy) is 1. The van der Waals surface area contributed by atoms with Gasteiger partial charge in [0.1, 0.15) is 0 Å². The topological polar surface area (TPSA) is 127 Å². The van der Waals surface area contributed by atoms with Crippen LogP contribution in [0.4, 0.5) is 11.4 Å². The predicted octanol–water partition coefficient (Wildman–Crippen LogP) is 2.58. The third kappa shape index (κ3) is 3.66. The first kappa shape index (κ1) is 17.1. The monoisotopic (exact) mass is 354 g/mol. The smallest absolute Gasteiger partial charge is 0.338 e. The summed E-state index contributed by atoms with van der Waals surface area (Å²) in [7, 11) is 0. The lowest BCUT2D eigenvalue weighted by Crippen LogP contribution is -2.21. The molecule has 9 heteroatoms. The fraction of sp³-hybridized carbons (Fsp3) is 0.118. The summed E-state index contributed by atoms with van der Waals surface area (Å²) < 4.78 is 4.99. The van der Waals surface area contributed by atoms with Crippen molar-refractivity contribution in [1.82, 2.24) is 9.97 Å². The molecule has 0 atom stereocenters. The van der Waals surface area contributed by atoms with Crippen LogP contribution in [-0.4, -0.2) is 33.4 Å². The minimum Gasteiger partial charge on any atom is -0.452 e. The number of aromatic amines is 1. The van der Waals surface area contributed by atoms with E-state index in [1.807, 2.05) is 0 Å². The van der Waals surface area contributed by atoms with Gasteiger partial charge in [-0.1, -0.05) is 6.07 Å². The van der Waals surface area contributed by atoms with Crippen molar-refractivity contribution in [2.75, 3.05) is 11.9 Å². The van der Waals surface area contributed by atoms with Crippen molar-refractivity contribution in [3.05, 3.63) is 64.0 Å². The maximum atomic E-state index is 12.1. The Morgan fingerprint density at radius 1 is 1.27 bits per heavy atom.